The number of hydrogen-bond donors (Lipinski definition) is 4. The van der Waals surface area contributed by atoms with Crippen molar-refractivity contribution in [1.82, 2.24) is 10.6 Å². The van der Waals surface area contributed by atoms with Crippen LogP contribution >= 0.6 is 0 Å². The first-order valence-corrected chi connectivity index (χ1v) is 3.47. The molecule has 62 valence electrons. The number of nitrogens with two attached hydrogens (primary N) is 1. The fraction of sp³-hybridized carbons (Fsp3) is 0.667. The van der Waals surface area contributed by atoms with E-state index in [1.54, 1.807) is 0 Å². The molecule has 0 amide bonds. The largest absolute Gasteiger partial charge is 0.369 e. The van der Waals surface area contributed by atoms with E-state index in [1.165, 1.54) is 32.1 Å². The molecular weight excluding hydrogens is 142 g/mol. The van der Waals surface area contributed by atoms with Crippen LogP contribution in [0.15, 0.2) is 0 Å². The van der Waals surface area contributed by atoms with Crippen molar-refractivity contribution in [3.8, 4) is 6.19 Å². The van der Waals surface area contributed by atoms with Crippen LogP contribution in [-0.4, -0.2) is 19.0 Å². The van der Waals surface area contributed by atoms with Gasteiger partial charge >= 0.3 is 0 Å². The summed E-state index contributed by atoms with van der Waals surface area (Å²) < 4.78 is 0. The van der Waals surface area contributed by atoms with Gasteiger partial charge in [0.25, 0.3) is 0 Å². The van der Waals surface area contributed by atoms with Crippen LogP contribution in [-0.2, 0) is 0 Å². The third-order valence-electron chi connectivity index (χ3n) is 1.15. The molecular formula is C6H13N5. The molecule has 0 bridgehead atoms. The van der Waals surface area contributed by atoms with E-state index >= 15 is 0 Å². The molecule has 1 aliphatic rings. The molecule has 1 rings (SSSR count). The minimum absolute atomic E-state index is 0.322. The lowest BCUT2D eigenvalue weighted by Gasteiger charge is -1.82. The molecule has 1 aliphatic heterocycles. The number of rotatable bonds is 0. The summed E-state index contributed by atoms with van der Waals surface area (Å²) in [4.78, 5) is 0. The van der Waals surface area contributed by atoms with Gasteiger partial charge in [0.05, 0.1) is 0 Å². The second-order valence-electron chi connectivity index (χ2n) is 2.11. The van der Waals surface area contributed by atoms with Crippen molar-refractivity contribution in [3.63, 3.8) is 0 Å². The Morgan fingerprint density at radius 1 is 1.55 bits per heavy atom. The molecule has 5 nitrogen and oxygen atoms in total. The Labute approximate surface area is 66.1 Å². The third kappa shape index (κ3) is 8.72. The van der Waals surface area contributed by atoms with Gasteiger partial charge in [0.2, 0.25) is 0 Å². The van der Waals surface area contributed by atoms with Gasteiger partial charge in [-0.2, -0.15) is 5.26 Å². The maximum absolute atomic E-state index is 7.65. The molecule has 0 aromatic heterocycles. The van der Waals surface area contributed by atoms with E-state index in [0.29, 0.717) is 0 Å². The number of nitrogens with zero attached hydrogens (tertiary/aromatic N) is 1. The second kappa shape index (κ2) is 6.83. The number of nitrogens with one attached hydrogen (secondary N) is 3. The fourth-order valence-electron chi connectivity index (χ4n) is 0.685. The van der Waals surface area contributed by atoms with Crippen molar-refractivity contribution in [1.29, 1.82) is 10.7 Å². The predicted octanol–water partition coefficient (Wildman–Crippen LogP) is -0.680. The molecule has 0 atom stereocenters. The van der Waals surface area contributed by atoms with Gasteiger partial charge in [-0.15, -0.1) is 0 Å². The van der Waals surface area contributed by atoms with E-state index in [2.05, 4.69) is 11.1 Å². The summed E-state index contributed by atoms with van der Waals surface area (Å²) in [7, 11) is 0. The summed E-state index contributed by atoms with van der Waals surface area (Å²) in [5.41, 5.74) is 4.65. The van der Waals surface area contributed by atoms with Gasteiger partial charge in [0, 0.05) is 0 Å². The van der Waals surface area contributed by atoms with Crippen LogP contribution in [0, 0.1) is 16.9 Å². The zero-order valence-electron chi connectivity index (χ0n) is 6.35. The number of nitriles is 1. The summed E-state index contributed by atoms with van der Waals surface area (Å²) in [6, 6.07) is 0. The highest BCUT2D eigenvalue weighted by Crippen LogP contribution is 1.90. The molecule has 0 aliphatic carbocycles. The quantitative estimate of drug-likeness (QED) is 0.161. The molecule has 5 heteroatoms. The highest BCUT2D eigenvalue weighted by atomic mass is 15.0. The van der Waals surface area contributed by atoms with E-state index in [1.807, 2.05) is 5.32 Å². The fourth-order valence-corrected chi connectivity index (χ4v) is 0.685. The van der Waals surface area contributed by atoms with Crippen molar-refractivity contribution in [3.05, 3.63) is 0 Å². The van der Waals surface area contributed by atoms with Crippen molar-refractivity contribution in [2.24, 2.45) is 5.73 Å². The summed E-state index contributed by atoms with van der Waals surface area (Å²) in [5.74, 6) is -0.322. The summed E-state index contributed by atoms with van der Waals surface area (Å²) in [5, 5.41) is 19.1. The Kier molecular flexibility index (Phi) is 6.04. The average Bonchev–Trinajstić information content (AvgIpc) is 2.41. The van der Waals surface area contributed by atoms with Crippen LogP contribution in [0.5, 0.6) is 0 Å². The smallest absolute Gasteiger partial charge is 0.199 e. The van der Waals surface area contributed by atoms with Gasteiger partial charge < -0.3 is 11.1 Å². The lowest BCUT2D eigenvalue weighted by atomic mass is 10.4. The molecule has 0 radical (unpaired) electrons. The Morgan fingerprint density at radius 3 is 2.18 bits per heavy atom. The number of hydrogen-bond acceptors (Lipinski definition) is 3. The monoisotopic (exact) mass is 155 g/mol. The maximum atomic E-state index is 7.65. The topological polar surface area (TPSA) is 97.7 Å². The Morgan fingerprint density at radius 2 is 2.09 bits per heavy atom. The lowest BCUT2D eigenvalue weighted by molar-refractivity contribution is 0.857. The van der Waals surface area contributed by atoms with Crippen molar-refractivity contribution < 1.29 is 0 Å². The molecule has 1 heterocycles. The molecule has 0 unspecified atom stereocenters. The van der Waals surface area contributed by atoms with Crippen LogP contribution in [0.4, 0.5) is 0 Å². The standard InChI is InChI=1S/C4H9N.C2H4N4/c1-2-4-5-3-1;3-1-6-2(4)5/h5H,1-4H2;(H4,4,5,6). The minimum Gasteiger partial charge on any atom is -0.369 e. The van der Waals surface area contributed by atoms with Gasteiger partial charge in [-0.1, -0.05) is 0 Å². The zero-order chi connectivity index (χ0) is 8.53. The van der Waals surface area contributed by atoms with Crippen LogP contribution in [0.1, 0.15) is 12.8 Å². The van der Waals surface area contributed by atoms with E-state index in [-0.39, 0.29) is 5.96 Å². The first-order valence-electron chi connectivity index (χ1n) is 3.47. The highest BCUT2D eigenvalue weighted by Gasteiger charge is 1.93. The summed E-state index contributed by atoms with van der Waals surface area (Å²) in [6.45, 7) is 2.50. The van der Waals surface area contributed by atoms with Crippen molar-refractivity contribution in [2.75, 3.05) is 13.1 Å². The third-order valence-corrected chi connectivity index (χ3v) is 1.15. The predicted molar refractivity (Wildman–Crippen MR) is 42.8 cm³/mol. The van der Waals surface area contributed by atoms with Crippen molar-refractivity contribution in [2.45, 2.75) is 12.8 Å². The van der Waals surface area contributed by atoms with E-state index in [0.717, 1.165) is 0 Å². The zero-order valence-corrected chi connectivity index (χ0v) is 6.35. The highest BCUT2D eigenvalue weighted by molar-refractivity contribution is 5.75. The second-order valence-corrected chi connectivity index (χ2v) is 2.11. The van der Waals surface area contributed by atoms with Crippen LogP contribution in [0.3, 0.4) is 0 Å². The number of guanidine groups is 1. The van der Waals surface area contributed by atoms with Gasteiger partial charge in [0.1, 0.15) is 0 Å². The molecule has 0 aromatic carbocycles. The molecule has 0 spiro atoms. The van der Waals surface area contributed by atoms with E-state index in [4.69, 9.17) is 10.7 Å². The molecule has 1 saturated heterocycles. The normalized spacial score (nSPS) is 14.1. The van der Waals surface area contributed by atoms with Gasteiger partial charge in [-0.25, -0.2) is 0 Å². The van der Waals surface area contributed by atoms with Crippen LogP contribution in [0.2, 0.25) is 0 Å². The van der Waals surface area contributed by atoms with Gasteiger partial charge in [-0.3, -0.25) is 10.7 Å². The molecule has 1 fully saturated rings. The maximum Gasteiger partial charge on any atom is 0.199 e. The van der Waals surface area contributed by atoms with Gasteiger partial charge in [-0.05, 0) is 25.9 Å². The van der Waals surface area contributed by atoms with E-state index < -0.39 is 0 Å². The Balaban J connectivity index is 0.000000183. The van der Waals surface area contributed by atoms with Crippen LogP contribution in [0.25, 0.3) is 0 Å². The van der Waals surface area contributed by atoms with E-state index in [9.17, 15) is 0 Å². The van der Waals surface area contributed by atoms with Crippen molar-refractivity contribution >= 4 is 5.96 Å². The SMILES string of the molecule is C1CCNC1.N#CNC(=N)N. The first kappa shape index (κ1) is 9.72. The van der Waals surface area contributed by atoms with Gasteiger partial charge in [0.15, 0.2) is 12.2 Å². The lowest BCUT2D eigenvalue weighted by Crippen LogP contribution is -2.25. The molecule has 5 N–H and O–H groups in total. The van der Waals surface area contributed by atoms with Crippen LogP contribution < -0.4 is 16.4 Å². The summed E-state index contributed by atoms with van der Waals surface area (Å²) >= 11 is 0. The minimum atomic E-state index is -0.322. The Hall–Kier alpha value is -1.28. The first-order chi connectivity index (χ1) is 5.27. The molecule has 11 heavy (non-hydrogen) atoms. The molecule has 0 aromatic rings. The molecule has 0 saturated carbocycles. The summed E-state index contributed by atoms with van der Waals surface area (Å²) in [6.07, 6.45) is 4.25. The average molecular weight is 155 g/mol. The Bertz CT molecular complexity index is 136.